The first-order chi connectivity index (χ1) is 12.5. The molecule has 1 rings (SSSR count). The highest BCUT2D eigenvalue weighted by Crippen LogP contribution is 2.38. The van der Waals surface area contributed by atoms with Crippen LogP contribution in [0.15, 0.2) is 41.3 Å². The van der Waals surface area contributed by atoms with E-state index in [1.54, 1.807) is 12.2 Å². The molecule has 0 heterocycles. The summed E-state index contributed by atoms with van der Waals surface area (Å²) in [6, 6.07) is 7.67. The Balaban J connectivity index is 2.47. The second-order valence-electron chi connectivity index (χ2n) is 8.64. The molecule has 27 heavy (non-hydrogen) atoms. The largest absolute Gasteiger partial charge is 0.414 e. The number of carbonyl (C=O) groups excluding carboxylic acids is 1. The topological polar surface area (TPSA) is 43.4 Å². The molecule has 0 aromatic heterocycles. The number of hydrogen-bond donors (Lipinski definition) is 0. The highest BCUT2D eigenvalue weighted by molar-refractivity contribution is 7.85. The smallest absolute Gasteiger partial charge is 0.192 e. The summed E-state index contributed by atoms with van der Waals surface area (Å²) in [5.41, 5.74) is 1.15. The van der Waals surface area contributed by atoms with Crippen LogP contribution in [0.5, 0.6) is 0 Å². The Morgan fingerprint density at radius 1 is 1.22 bits per heavy atom. The third kappa shape index (κ3) is 8.24. The van der Waals surface area contributed by atoms with Crippen molar-refractivity contribution in [3.8, 4) is 0 Å². The van der Waals surface area contributed by atoms with E-state index in [0.29, 0.717) is 12.2 Å². The van der Waals surface area contributed by atoms with E-state index < -0.39 is 19.1 Å². The number of rotatable bonds is 10. The minimum Gasteiger partial charge on any atom is -0.414 e. The fraction of sp³-hybridized carbons (Fsp3) is 0.591. The summed E-state index contributed by atoms with van der Waals surface area (Å²) < 4.78 is 18.7. The zero-order valence-electron chi connectivity index (χ0n) is 18.0. The summed E-state index contributed by atoms with van der Waals surface area (Å²) in [5.74, 6) is 0.445. The molecule has 0 bridgehead atoms. The Kier molecular flexibility index (Phi) is 9.32. The van der Waals surface area contributed by atoms with Gasteiger partial charge in [0.25, 0.3) is 0 Å². The van der Waals surface area contributed by atoms with Crippen LogP contribution >= 0.6 is 0 Å². The predicted molar refractivity (Wildman–Crippen MR) is 118 cm³/mol. The number of benzene rings is 1. The molecule has 0 aliphatic rings. The average Bonchev–Trinajstić information content (AvgIpc) is 2.58. The minimum atomic E-state index is -1.81. The fourth-order valence-corrected chi connectivity index (χ4v) is 4.75. The van der Waals surface area contributed by atoms with E-state index in [-0.39, 0.29) is 16.9 Å². The maximum absolute atomic E-state index is 12.2. The molecule has 2 unspecified atom stereocenters. The molecule has 0 amide bonds. The van der Waals surface area contributed by atoms with Gasteiger partial charge in [-0.05, 0) is 56.1 Å². The Labute approximate surface area is 169 Å². The second-order valence-corrected chi connectivity index (χ2v) is 14.9. The summed E-state index contributed by atoms with van der Waals surface area (Å²) in [4.78, 5) is 13.0. The maximum atomic E-state index is 12.2. The van der Waals surface area contributed by atoms with Crippen LogP contribution in [0.1, 0.15) is 52.5 Å². The average molecular weight is 409 g/mol. The molecule has 2 atom stereocenters. The van der Waals surface area contributed by atoms with Gasteiger partial charge in [-0.15, -0.1) is 0 Å². The SMILES string of the molecule is CCC(CCC(=O)/C=C/CS(=O)c1ccc(C)cc1)O[Si](C)(C)C(C)(C)C. The monoisotopic (exact) mass is 408 g/mol. The molecular formula is C22H36O3SSi. The maximum Gasteiger partial charge on any atom is 0.192 e. The molecule has 0 spiro atoms. The zero-order chi connectivity index (χ0) is 20.7. The number of allylic oxidation sites excluding steroid dienone is 1. The lowest BCUT2D eigenvalue weighted by atomic mass is 10.1. The Hall–Kier alpha value is -1.04. The van der Waals surface area contributed by atoms with Crippen LogP contribution < -0.4 is 0 Å². The predicted octanol–water partition coefficient (Wildman–Crippen LogP) is 5.81. The minimum absolute atomic E-state index is 0.0770. The second kappa shape index (κ2) is 10.5. The fourth-order valence-electron chi connectivity index (χ4n) is 2.38. The highest BCUT2D eigenvalue weighted by atomic mass is 32.2. The molecule has 0 saturated heterocycles. The van der Waals surface area contributed by atoms with Crippen molar-refractivity contribution in [3.05, 3.63) is 42.0 Å². The van der Waals surface area contributed by atoms with Gasteiger partial charge in [0.05, 0.1) is 10.8 Å². The van der Waals surface area contributed by atoms with Gasteiger partial charge in [0.1, 0.15) is 0 Å². The lowest BCUT2D eigenvalue weighted by Gasteiger charge is -2.39. The van der Waals surface area contributed by atoms with E-state index in [2.05, 4.69) is 40.8 Å². The highest BCUT2D eigenvalue weighted by Gasteiger charge is 2.38. The van der Waals surface area contributed by atoms with Gasteiger partial charge in [0, 0.05) is 23.2 Å². The molecule has 152 valence electrons. The van der Waals surface area contributed by atoms with Crippen molar-refractivity contribution in [2.24, 2.45) is 0 Å². The molecule has 0 fully saturated rings. The Bertz CT molecular complexity index is 657. The molecule has 1 aromatic rings. The van der Waals surface area contributed by atoms with Crippen molar-refractivity contribution in [1.82, 2.24) is 0 Å². The van der Waals surface area contributed by atoms with Crippen LogP contribution in [0, 0.1) is 6.92 Å². The molecule has 5 heteroatoms. The lowest BCUT2D eigenvalue weighted by molar-refractivity contribution is -0.115. The van der Waals surface area contributed by atoms with Crippen LogP contribution in [-0.4, -0.2) is 30.2 Å². The molecular weight excluding hydrogens is 372 g/mol. The number of hydrogen-bond acceptors (Lipinski definition) is 3. The standard InChI is InChI=1S/C22H36O3SSi/c1-8-20(25-27(6,7)22(3,4)5)14-13-19(23)10-9-17-26(24)21-15-11-18(2)12-16-21/h9-12,15-16,20H,8,13-14,17H2,1-7H3/b10-9+. The molecule has 0 aliphatic heterocycles. The van der Waals surface area contributed by atoms with E-state index in [4.69, 9.17) is 4.43 Å². The molecule has 0 saturated carbocycles. The summed E-state index contributed by atoms with van der Waals surface area (Å²) >= 11 is 0. The third-order valence-electron chi connectivity index (χ3n) is 5.27. The van der Waals surface area contributed by atoms with E-state index >= 15 is 0 Å². The van der Waals surface area contributed by atoms with E-state index in [1.165, 1.54) is 0 Å². The van der Waals surface area contributed by atoms with Crippen molar-refractivity contribution in [3.63, 3.8) is 0 Å². The first-order valence-corrected chi connectivity index (χ1v) is 14.0. The van der Waals surface area contributed by atoms with Crippen molar-refractivity contribution < 1.29 is 13.4 Å². The van der Waals surface area contributed by atoms with Gasteiger partial charge in [-0.25, -0.2) is 0 Å². The summed E-state index contributed by atoms with van der Waals surface area (Å²) in [5, 5.41) is 0.171. The molecule has 1 aromatic carbocycles. The number of aryl methyl sites for hydroxylation is 1. The van der Waals surface area contributed by atoms with Crippen molar-refractivity contribution >= 4 is 24.9 Å². The van der Waals surface area contributed by atoms with Gasteiger partial charge in [-0.1, -0.05) is 51.5 Å². The normalized spacial score (nSPS) is 15.1. The van der Waals surface area contributed by atoms with E-state index in [1.807, 2.05) is 31.2 Å². The number of ketones is 1. The first-order valence-electron chi connectivity index (χ1n) is 9.78. The Morgan fingerprint density at radius 3 is 2.33 bits per heavy atom. The van der Waals surface area contributed by atoms with Gasteiger partial charge >= 0.3 is 0 Å². The molecule has 0 aliphatic carbocycles. The molecule has 3 nitrogen and oxygen atoms in total. The van der Waals surface area contributed by atoms with Crippen molar-refractivity contribution in [2.45, 2.75) is 83.0 Å². The molecule has 0 N–H and O–H groups in total. The van der Waals surface area contributed by atoms with Gasteiger partial charge < -0.3 is 4.43 Å². The van der Waals surface area contributed by atoms with Crippen LogP contribution in [-0.2, 0) is 20.0 Å². The van der Waals surface area contributed by atoms with Crippen LogP contribution in [0.3, 0.4) is 0 Å². The summed E-state index contributed by atoms with van der Waals surface area (Å²) in [6.07, 6.45) is 5.57. The van der Waals surface area contributed by atoms with E-state index in [9.17, 15) is 9.00 Å². The van der Waals surface area contributed by atoms with Gasteiger partial charge in [0.15, 0.2) is 14.1 Å². The van der Waals surface area contributed by atoms with Crippen LogP contribution in [0.2, 0.25) is 18.1 Å². The van der Waals surface area contributed by atoms with Crippen LogP contribution in [0.4, 0.5) is 0 Å². The van der Waals surface area contributed by atoms with Crippen molar-refractivity contribution in [2.75, 3.05) is 5.75 Å². The van der Waals surface area contributed by atoms with Gasteiger partial charge in [0.2, 0.25) is 0 Å². The lowest BCUT2D eigenvalue weighted by Crippen LogP contribution is -2.43. The first kappa shape index (κ1) is 24.0. The molecule has 0 radical (unpaired) electrons. The quantitative estimate of drug-likeness (QED) is 0.362. The Morgan fingerprint density at radius 2 is 1.81 bits per heavy atom. The summed E-state index contributed by atoms with van der Waals surface area (Å²) in [6.45, 7) is 15.3. The van der Waals surface area contributed by atoms with Crippen molar-refractivity contribution in [1.29, 1.82) is 0 Å². The van der Waals surface area contributed by atoms with Gasteiger partial charge in [-0.2, -0.15) is 0 Å². The third-order valence-corrected chi connectivity index (χ3v) is 11.1. The zero-order valence-corrected chi connectivity index (χ0v) is 19.8. The summed E-state index contributed by atoms with van der Waals surface area (Å²) in [7, 11) is -2.92. The van der Waals surface area contributed by atoms with Crippen LogP contribution in [0.25, 0.3) is 0 Å². The van der Waals surface area contributed by atoms with E-state index in [0.717, 1.165) is 23.3 Å². The van der Waals surface area contributed by atoms with Gasteiger partial charge in [-0.3, -0.25) is 9.00 Å². The number of carbonyl (C=O) groups is 1.